The third kappa shape index (κ3) is 3.80. The van der Waals surface area contributed by atoms with E-state index in [9.17, 15) is 19.5 Å². The molecule has 1 aromatic rings. The molecular formula is C16H19NO6. The number of esters is 1. The zero-order valence-electron chi connectivity index (χ0n) is 13.1. The number of hydrogen-bond acceptors (Lipinski definition) is 5. The molecule has 1 atom stereocenters. The number of carbonyl (C=O) groups excluding carboxylic acids is 2. The number of amides is 1. The SMILES string of the molecule is COC(=O)COc1cccc(C(=O)N2CCC(C)(C(=O)O)C2)c1. The molecule has 7 heteroatoms. The van der Waals surface area contributed by atoms with Gasteiger partial charge in [-0.2, -0.15) is 0 Å². The predicted molar refractivity (Wildman–Crippen MR) is 80.2 cm³/mol. The Kier molecular flexibility index (Phi) is 4.88. The van der Waals surface area contributed by atoms with Gasteiger partial charge in [0.05, 0.1) is 12.5 Å². The van der Waals surface area contributed by atoms with Gasteiger partial charge < -0.3 is 19.5 Å². The van der Waals surface area contributed by atoms with Crippen LogP contribution in [0.2, 0.25) is 0 Å². The number of nitrogens with zero attached hydrogens (tertiary/aromatic N) is 1. The lowest BCUT2D eigenvalue weighted by atomic mass is 9.90. The van der Waals surface area contributed by atoms with Gasteiger partial charge in [-0.1, -0.05) is 6.07 Å². The number of carboxylic acid groups (broad SMARTS) is 1. The summed E-state index contributed by atoms with van der Waals surface area (Å²) in [6.07, 6.45) is 0.423. The largest absolute Gasteiger partial charge is 0.482 e. The highest BCUT2D eigenvalue weighted by atomic mass is 16.6. The molecule has 1 aromatic carbocycles. The first-order valence-corrected chi connectivity index (χ1v) is 7.18. The molecule has 1 saturated heterocycles. The van der Waals surface area contributed by atoms with Crippen LogP contribution in [0.15, 0.2) is 24.3 Å². The molecule has 1 fully saturated rings. The molecule has 1 unspecified atom stereocenters. The van der Waals surface area contributed by atoms with Gasteiger partial charge in [0.25, 0.3) is 5.91 Å². The third-order valence-electron chi connectivity index (χ3n) is 3.94. The van der Waals surface area contributed by atoms with E-state index in [1.807, 2.05) is 0 Å². The van der Waals surface area contributed by atoms with Crippen molar-refractivity contribution in [1.82, 2.24) is 4.90 Å². The molecule has 124 valence electrons. The zero-order chi connectivity index (χ0) is 17.0. The fourth-order valence-corrected chi connectivity index (χ4v) is 2.41. The number of likely N-dealkylation sites (tertiary alicyclic amines) is 1. The smallest absolute Gasteiger partial charge is 0.343 e. The molecule has 1 aliphatic heterocycles. The molecule has 0 radical (unpaired) electrons. The molecule has 0 aromatic heterocycles. The Hall–Kier alpha value is -2.57. The van der Waals surface area contributed by atoms with Crippen LogP contribution >= 0.6 is 0 Å². The normalized spacial score (nSPS) is 20.2. The Morgan fingerprint density at radius 2 is 2.09 bits per heavy atom. The summed E-state index contributed by atoms with van der Waals surface area (Å²) >= 11 is 0. The van der Waals surface area contributed by atoms with Crippen LogP contribution in [0, 0.1) is 5.41 Å². The molecule has 23 heavy (non-hydrogen) atoms. The highest BCUT2D eigenvalue weighted by molar-refractivity contribution is 5.95. The first-order valence-electron chi connectivity index (χ1n) is 7.18. The van der Waals surface area contributed by atoms with Gasteiger partial charge in [-0.3, -0.25) is 9.59 Å². The van der Waals surface area contributed by atoms with Crippen molar-refractivity contribution in [2.45, 2.75) is 13.3 Å². The van der Waals surface area contributed by atoms with Crippen molar-refractivity contribution >= 4 is 17.8 Å². The lowest BCUT2D eigenvalue weighted by Gasteiger charge is -2.20. The fourth-order valence-electron chi connectivity index (χ4n) is 2.41. The number of ether oxygens (including phenoxy) is 2. The molecule has 2 rings (SSSR count). The van der Waals surface area contributed by atoms with Crippen LogP contribution in [0.25, 0.3) is 0 Å². The van der Waals surface area contributed by atoms with Gasteiger partial charge in [0.1, 0.15) is 5.75 Å². The highest BCUT2D eigenvalue weighted by Crippen LogP contribution is 2.31. The molecule has 1 heterocycles. The summed E-state index contributed by atoms with van der Waals surface area (Å²) in [4.78, 5) is 36.3. The second kappa shape index (κ2) is 6.68. The maximum absolute atomic E-state index is 12.5. The Balaban J connectivity index is 2.06. The second-order valence-electron chi connectivity index (χ2n) is 5.74. The number of benzene rings is 1. The van der Waals surface area contributed by atoms with Crippen LogP contribution in [0.4, 0.5) is 0 Å². The minimum absolute atomic E-state index is 0.175. The molecule has 7 nitrogen and oxygen atoms in total. The lowest BCUT2D eigenvalue weighted by molar-refractivity contribution is -0.147. The summed E-state index contributed by atoms with van der Waals surface area (Å²) < 4.78 is 9.73. The monoisotopic (exact) mass is 321 g/mol. The molecular weight excluding hydrogens is 302 g/mol. The summed E-state index contributed by atoms with van der Waals surface area (Å²) in [5.41, 5.74) is -0.517. The van der Waals surface area contributed by atoms with Gasteiger partial charge in [0.2, 0.25) is 0 Å². The first-order chi connectivity index (χ1) is 10.9. The molecule has 1 N–H and O–H groups in total. The second-order valence-corrected chi connectivity index (χ2v) is 5.74. The Morgan fingerprint density at radius 3 is 2.70 bits per heavy atom. The summed E-state index contributed by atoms with van der Waals surface area (Å²) in [6.45, 7) is 1.97. The van der Waals surface area contributed by atoms with Crippen molar-refractivity contribution in [3.8, 4) is 5.75 Å². The molecule has 0 aliphatic carbocycles. The number of rotatable bonds is 5. The minimum Gasteiger partial charge on any atom is -0.482 e. The molecule has 0 bridgehead atoms. The average molecular weight is 321 g/mol. The number of carboxylic acids is 1. The van der Waals surface area contributed by atoms with E-state index >= 15 is 0 Å². The molecule has 1 aliphatic rings. The topological polar surface area (TPSA) is 93.1 Å². The number of hydrogen-bond donors (Lipinski definition) is 1. The van der Waals surface area contributed by atoms with E-state index in [1.54, 1.807) is 25.1 Å². The van der Waals surface area contributed by atoms with E-state index in [0.717, 1.165) is 0 Å². The fraction of sp³-hybridized carbons (Fsp3) is 0.438. The van der Waals surface area contributed by atoms with Crippen LogP contribution in [-0.4, -0.2) is 54.7 Å². The van der Waals surface area contributed by atoms with E-state index in [-0.39, 0.29) is 19.1 Å². The van der Waals surface area contributed by atoms with Crippen molar-refractivity contribution in [3.05, 3.63) is 29.8 Å². The van der Waals surface area contributed by atoms with Crippen LogP contribution in [0.1, 0.15) is 23.7 Å². The van der Waals surface area contributed by atoms with Crippen molar-refractivity contribution < 1.29 is 29.0 Å². The van der Waals surface area contributed by atoms with Crippen LogP contribution in [0.3, 0.4) is 0 Å². The van der Waals surface area contributed by atoms with Gasteiger partial charge in [-0.05, 0) is 31.5 Å². The van der Waals surface area contributed by atoms with Crippen molar-refractivity contribution in [2.75, 3.05) is 26.8 Å². The Labute approximate surface area is 133 Å². The van der Waals surface area contributed by atoms with E-state index in [4.69, 9.17) is 4.74 Å². The zero-order valence-corrected chi connectivity index (χ0v) is 13.1. The van der Waals surface area contributed by atoms with E-state index in [1.165, 1.54) is 18.1 Å². The van der Waals surface area contributed by atoms with Crippen LogP contribution in [-0.2, 0) is 14.3 Å². The van der Waals surface area contributed by atoms with Crippen LogP contribution < -0.4 is 4.74 Å². The maximum atomic E-state index is 12.5. The summed E-state index contributed by atoms with van der Waals surface area (Å²) in [7, 11) is 1.26. The average Bonchev–Trinajstić information content (AvgIpc) is 2.96. The van der Waals surface area contributed by atoms with E-state index in [2.05, 4.69) is 4.74 Å². The maximum Gasteiger partial charge on any atom is 0.343 e. The number of methoxy groups -OCH3 is 1. The Morgan fingerprint density at radius 1 is 1.35 bits per heavy atom. The Bertz CT molecular complexity index is 629. The first kappa shape index (κ1) is 16.8. The van der Waals surface area contributed by atoms with Crippen LogP contribution in [0.5, 0.6) is 5.75 Å². The molecule has 1 amide bonds. The van der Waals surface area contributed by atoms with Gasteiger partial charge in [0.15, 0.2) is 6.61 Å². The lowest BCUT2D eigenvalue weighted by Crippen LogP contribution is -2.34. The summed E-state index contributed by atoms with van der Waals surface area (Å²) in [6, 6.07) is 6.43. The van der Waals surface area contributed by atoms with Gasteiger partial charge >= 0.3 is 11.9 Å². The highest BCUT2D eigenvalue weighted by Gasteiger charge is 2.42. The van der Waals surface area contributed by atoms with Gasteiger partial charge in [-0.25, -0.2) is 4.79 Å². The van der Waals surface area contributed by atoms with Gasteiger partial charge in [-0.15, -0.1) is 0 Å². The van der Waals surface area contributed by atoms with Gasteiger partial charge in [0, 0.05) is 18.7 Å². The predicted octanol–water partition coefficient (Wildman–Crippen LogP) is 1.18. The minimum atomic E-state index is -0.908. The summed E-state index contributed by atoms with van der Waals surface area (Å²) in [5.74, 6) is -1.29. The third-order valence-corrected chi connectivity index (χ3v) is 3.94. The molecule has 0 saturated carbocycles. The molecule has 0 spiro atoms. The van der Waals surface area contributed by atoms with E-state index in [0.29, 0.717) is 24.3 Å². The standard InChI is InChI=1S/C16H19NO6/c1-16(15(20)21)6-7-17(10-16)14(19)11-4-3-5-12(8-11)23-9-13(18)22-2/h3-5,8H,6-7,9-10H2,1-2H3,(H,20,21). The van der Waals surface area contributed by atoms with E-state index < -0.39 is 17.4 Å². The van der Waals surface area contributed by atoms with Crippen molar-refractivity contribution in [3.63, 3.8) is 0 Å². The number of aliphatic carboxylic acids is 1. The quantitative estimate of drug-likeness (QED) is 0.819. The number of carbonyl (C=O) groups is 3. The van der Waals surface area contributed by atoms with Crippen molar-refractivity contribution in [2.24, 2.45) is 5.41 Å². The van der Waals surface area contributed by atoms with Crippen molar-refractivity contribution in [1.29, 1.82) is 0 Å². The summed E-state index contributed by atoms with van der Waals surface area (Å²) in [5, 5.41) is 9.23.